The zero-order valence-corrected chi connectivity index (χ0v) is 10.7. The number of carbonyl (C=O) groups is 1. The van der Waals surface area contributed by atoms with Gasteiger partial charge in [0.1, 0.15) is 5.69 Å². The van der Waals surface area contributed by atoms with E-state index in [9.17, 15) is 4.79 Å². The highest BCUT2D eigenvalue weighted by atomic mass is 79.9. The van der Waals surface area contributed by atoms with E-state index in [-0.39, 0.29) is 11.9 Å². The molecule has 0 saturated carbocycles. The number of aromatic nitrogens is 3. The van der Waals surface area contributed by atoms with E-state index >= 15 is 0 Å². The van der Waals surface area contributed by atoms with Gasteiger partial charge in [-0.1, -0.05) is 0 Å². The predicted octanol–water partition coefficient (Wildman–Crippen LogP) is 2.06. The second-order valence-electron chi connectivity index (χ2n) is 3.56. The van der Waals surface area contributed by atoms with E-state index in [1.165, 1.54) is 0 Å². The monoisotopic (exact) mass is 294 g/mol. The lowest BCUT2D eigenvalue weighted by Crippen LogP contribution is -2.27. The van der Waals surface area contributed by atoms with Crippen LogP contribution in [-0.2, 0) is 0 Å². The third-order valence-electron chi connectivity index (χ3n) is 2.34. The van der Waals surface area contributed by atoms with Crippen molar-refractivity contribution in [3.8, 4) is 0 Å². The molecule has 0 aliphatic heterocycles. The van der Waals surface area contributed by atoms with Gasteiger partial charge < -0.3 is 5.32 Å². The van der Waals surface area contributed by atoms with Crippen molar-refractivity contribution in [1.82, 2.24) is 20.5 Å². The standard InChI is InChI=1S/C11H11BrN4O/c1-7(8-5-14-15-6-8)16-11(17)10-9(12)3-2-4-13-10/h2-7H,1H3,(H,14,15)(H,16,17). The van der Waals surface area contributed by atoms with Crippen LogP contribution >= 0.6 is 15.9 Å². The Bertz CT molecular complexity index is 512. The number of nitrogens with one attached hydrogen (secondary N) is 2. The summed E-state index contributed by atoms with van der Waals surface area (Å²) in [5.41, 5.74) is 1.30. The fourth-order valence-corrected chi connectivity index (χ4v) is 1.83. The van der Waals surface area contributed by atoms with Gasteiger partial charge in [-0.3, -0.25) is 9.89 Å². The van der Waals surface area contributed by atoms with E-state index in [0.29, 0.717) is 10.2 Å². The van der Waals surface area contributed by atoms with E-state index < -0.39 is 0 Å². The molecule has 1 unspecified atom stereocenters. The maximum atomic E-state index is 11.9. The second-order valence-corrected chi connectivity index (χ2v) is 4.41. The summed E-state index contributed by atoms with van der Waals surface area (Å²) in [5.74, 6) is -0.217. The van der Waals surface area contributed by atoms with Crippen LogP contribution in [0.4, 0.5) is 0 Å². The molecule has 0 fully saturated rings. The fourth-order valence-electron chi connectivity index (χ4n) is 1.40. The molecule has 2 heterocycles. The molecule has 17 heavy (non-hydrogen) atoms. The highest BCUT2D eigenvalue weighted by Gasteiger charge is 2.15. The lowest BCUT2D eigenvalue weighted by atomic mass is 10.2. The zero-order valence-electron chi connectivity index (χ0n) is 9.14. The quantitative estimate of drug-likeness (QED) is 0.910. The first kappa shape index (κ1) is 11.8. The molecule has 88 valence electrons. The van der Waals surface area contributed by atoms with Crippen LogP contribution in [0.15, 0.2) is 35.2 Å². The minimum absolute atomic E-state index is 0.116. The Morgan fingerprint density at radius 1 is 1.59 bits per heavy atom. The maximum absolute atomic E-state index is 11.9. The molecule has 5 nitrogen and oxygen atoms in total. The molecule has 0 spiro atoms. The van der Waals surface area contributed by atoms with Gasteiger partial charge in [0.05, 0.1) is 12.2 Å². The number of nitrogens with zero attached hydrogens (tertiary/aromatic N) is 2. The Hall–Kier alpha value is -1.69. The molecule has 2 aromatic rings. The number of hydrogen-bond donors (Lipinski definition) is 2. The molecular weight excluding hydrogens is 284 g/mol. The number of pyridine rings is 1. The van der Waals surface area contributed by atoms with Crippen molar-refractivity contribution in [1.29, 1.82) is 0 Å². The van der Waals surface area contributed by atoms with Gasteiger partial charge in [0.2, 0.25) is 0 Å². The minimum Gasteiger partial charge on any atom is -0.344 e. The third-order valence-corrected chi connectivity index (χ3v) is 2.98. The van der Waals surface area contributed by atoms with Crippen molar-refractivity contribution in [3.63, 3.8) is 0 Å². The SMILES string of the molecule is CC(NC(=O)c1ncccc1Br)c1cn[nH]c1. The van der Waals surface area contributed by atoms with Crippen molar-refractivity contribution < 1.29 is 4.79 Å². The molecule has 0 aliphatic rings. The number of aromatic amines is 1. The molecule has 6 heteroatoms. The average Bonchev–Trinajstić information content (AvgIpc) is 2.82. The molecule has 0 radical (unpaired) electrons. The first-order valence-electron chi connectivity index (χ1n) is 5.08. The number of halogens is 1. The Morgan fingerprint density at radius 3 is 3.06 bits per heavy atom. The Morgan fingerprint density at radius 2 is 2.41 bits per heavy atom. The van der Waals surface area contributed by atoms with Gasteiger partial charge in [-0.15, -0.1) is 0 Å². The highest BCUT2D eigenvalue weighted by molar-refractivity contribution is 9.10. The maximum Gasteiger partial charge on any atom is 0.271 e. The molecular formula is C11H11BrN4O. The molecule has 0 aromatic carbocycles. The van der Waals surface area contributed by atoms with E-state index in [4.69, 9.17) is 0 Å². The first-order valence-corrected chi connectivity index (χ1v) is 5.88. The third kappa shape index (κ3) is 2.71. The van der Waals surface area contributed by atoms with Gasteiger partial charge >= 0.3 is 0 Å². The van der Waals surface area contributed by atoms with Crippen LogP contribution in [0.1, 0.15) is 29.0 Å². The highest BCUT2D eigenvalue weighted by Crippen LogP contribution is 2.15. The van der Waals surface area contributed by atoms with Crippen molar-refractivity contribution in [2.75, 3.05) is 0 Å². The molecule has 0 saturated heterocycles. The first-order chi connectivity index (χ1) is 8.18. The summed E-state index contributed by atoms with van der Waals surface area (Å²) in [6.07, 6.45) is 5.01. The van der Waals surface area contributed by atoms with Crippen LogP contribution in [0.5, 0.6) is 0 Å². The average molecular weight is 295 g/mol. The minimum atomic E-state index is -0.217. The van der Waals surface area contributed by atoms with Crippen LogP contribution in [-0.4, -0.2) is 21.1 Å². The van der Waals surface area contributed by atoms with Crippen molar-refractivity contribution in [3.05, 3.63) is 46.5 Å². The summed E-state index contributed by atoms with van der Waals surface area (Å²) in [6, 6.07) is 3.43. The van der Waals surface area contributed by atoms with E-state index in [2.05, 4.69) is 36.4 Å². The van der Waals surface area contributed by atoms with Gasteiger partial charge in [-0.25, -0.2) is 4.98 Å². The summed E-state index contributed by atoms with van der Waals surface area (Å²) in [4.78, 5) is 16.0. The molecule has 2 aromatic heterocycles. The smallest absolute Gasteiger partial charge is 0.271 e. The van der Waals surface area contributed by atoms with Crippen LogP contribution < -0.4 is 5.32 Å². The Balaban J connectivity index is 2.10. The molecule has 0 aliphatic carbocycles. The van der Waals surface area contributed by atoms with Gasteiger partial charge in [-0.05, 0) is 35.0 Å². The molecule has 2 N–H and O–H groups in total. The molecule has 1 amide bonds. The molecule has 0 bridgehead atoms. The summed E-state index contributed by atoms with van der Waals surface area (Å²) in [5, 5.41) is 9.40. The van der Waals surface area contributed by atoms with Crippen molar-refractivity contribution >= 4 is 21.8 Å². The summed E-state index contributed by atoms with van der Waals surface area (Å²) in [7, 11) is 0. The van der Waals surface area contributed by atoms with Gasteiger partial charge in [0, 0.05) is 22.4 Å². The summed E-state index contributed by atoms with van der Waals surface area (Å²) < 4.78 is 0.678. The number of rotatable bonds is 3. The van der Waals surface area contributed by atoms with Crippen LogP contribution in [0.3, 0.4) is 0 Å². The van der Waals surface area contributed by atoms with Crippen LogP contribution in [0.25, 0.3) is 0 Å². The number of amides is 1. The summed E-state index contributed by atoms with van der Waals surface area (Å²) in [6.45, 7) is 1.89. The van der Waals surface area contributed by atoms with E-state index in [0.717, 1.165) is 5.56 Å². The van der Waals surface area contributed by atoms with Crippen LogP contribution in [0, 0.1) is 0 Å². The molecule has 1 atom stereocenters. The normalized spacial score (nSPS) is 12.1. The lowest BCUT2D eigenvalue weighted by Gasteiger charge is -2.12. The molecule has 2 rings (SSSR count). The number of carbonyl (C=O) groups excluding carboxylic acids is 1. The van der Waals surface area contributed by atoms with Crippen molar-refractivity contribution in [2.45, 2.75) is 13.0 Å². The summed E-state index contributed by atoms with van der Waals surface area (Å²) >= 11 is 3.29. The topological polar surface area (TPSA) is 70.7 Å². The number of hydrogen-bond acceptors (Lipinski definition) is 3. The zero-order chi connectivity index (χ0) is 12.3. The fraction of sp³-hybridized carbons (Fsp3) is 0.182. The Kier molecular flexibility index (Phi) is 3.53. The van der Waals surface area contributed by atoms with Gasteiger partial charge in [-0.2, -0.15) is 5.10 Å². The van der Waals surface area contributed by atoms with Gasteiger partial charge in [0.25, 0.3) is 5.91 Å². The van der Waals surface area contributed by atoms with Crippen LogP contribution in [0.2, 0.25) is 0 Å². The van der Waals surface area contributed by atoms with Crippen molar-refractivity contribution in [2.24, 2.45) is 0 Å². The number of H-pyrrole nitrogens is 1. The lowest BCUT2D eigenvalue weighted by molar-refractivity contribution is 0.0934. The van der Waals surface area contributed by atoms with E-state index in [1.807, 2.05) is 6.92 Å². The largest absolute Gasteiger partial charge is 0.344 e. The van der Waals surface area contributed by atoms with E-state index in [1.54, 1.807) is 30.7 Å². The second kappa shape index (κ2) is 5.09. The predicted molar refractivity (Wildman–Crippen MR) is 66.4 cm³/mol. The Labute approximate surface area is 107 Å². The van der Waals surface area contributed by atoms with Gasteiger partial charge in [0.15, 0.2) is 0 Å².